The summed E-state index contributed by atoms with van der Waals surface area (Å²) in [5.74, 6) is 0. The first kappa shape index (κ1) is 12.2. The van der Waals surface area contributed by atoms with E-state index >= 15 is 0 Å². The predicted molar refractivity (Wildman–Crippen MR) is 56.9 cm³/mol. The summed E-state index contributed by atoms with van der Waals surface area (Å²) in [7, 11) is -1.76. The van der Waals surface area contributed by atoms with Gasteiger partial charge in [0.25, 0.3) is 0 Å². The summed E-state index contributed by atoms with van der Waals surface area (Å²) in [6, 6.07) is 0. The number of hydrogen-bond donors (Lipinski definition) is 2. The quantitative estimate of drug-likeness (QED) is 0.716. The molecule has 0 unspecified atom stereocenters. The number of nitrogens with two attached hydrogens (primary N) is 1. The molecule has 0 spiro atoms. The fourth-order valence-corrected chi connectivity index (χ4v) is 2.89. The minimum atomic E-state index is -3.48. The van der Waals surface area contributed by atoms with Gasteiger partial charge in [0.1, 0.15) is 4.90 Å². The molecule has 1 heterocycles. The van der Waals surface area contributed by atoms with Crippen LogP contribution < -0.4 is 10.5 Å². The van der Waals surface area contributed by atoms with Crippen LogP contribution in [0.5, 0.6) is 0 Å². The van der Waals surface area contributed by atoms with Crippen LogP contribution in [0.25, 0.3) is 0 Å². The normalized spacial score (nSPS) is 12.0. The smallest absolute Gasteiger partial charge is 0.244 e. The van der Waals surface area contributed by atoms with Gasteiger partial charge in [-0.05, 0) is 13.8 Å². The Morgan fingerprint density at radius 2 is 2.07 bits per heavy atom. The molecule has 86 valence electrons. The molecule has 0 amide bonds. The number of hydrogen-bond acceptors (Lipinski definition) is 4. The maximum Gasteiger partial charge on any atom is 0.244 e. The Bertz CT molecular complexity index is 449. The fraction of sp³-hybridized carbons (Fsp3) is 0.625. The lowest BCUT2D eigenvalue weighted by Gasteiger charge is -2.05. The molecule has 0 aliphatic heterocycles. The van der Waals surface area contributed by atoms with Crippen molar-refractivity contribution >= 4 is 10.0 Å². The van der Waals surface area contributed by atoms with Crippen LogP contribution in [0.2, 0.25) is 0 Å². The number of nitrogens with one attached hydrogen (secondary N) is 1. The summed E-state index contributed by atoms with van der Waals surface area (Å²) < 4.78 is 27.6. The highest BCUT2D eigenvalue weighted by Crippen LogP contribution is 2.17. The lowest BCUT2D eigenvalue weighted by atomic mass is 10.4. The highest BCUT2D eigenvalue weighted by molar-refractivity contribution is 7.89. The summed E-state index contributed by atoms with van der Waals surface area (Å²) >= 11 is 0. The first-order valence-corrected chi connectivity index (χ1v) is 6.08. The standard InChI is InChI=1S/C8H16N4O2S/c1-6-8(7(2)12(3)11-6)15(13,14)10-5-4-9/h10H,4-5,9H2,1-3H3. The summed E-state index contributed by atoms with van der Waals surface area (Å²) in [6.45, 7) is 3.90. The zero-order chi connectivity index (χ0) is 11.6. The van der Waals surface area contributed by atoms with Gasteiger partial charge in [-0.1, -0.05) is 0 Å². The average molecular weight is 232 g/mol. The van der Waals surface area contributed by atoms with Gasteiger partial charge < -0.3 is 5.73 Å². The second-order valence-corrected chi connectivity index (χ2v) is 5.01. The Morgan fingerprint density at radius 1 is 1.47 bits per heavy atom. The molecule has 0 bridgehead atoms. The van der Waals surface area contributed by atoms with E-state index in [0.29, 0.717) is 11.4 Å². The van der Waals surface area contributed by atoms with Crippen molar-refractivity contribution in [1.82, 2.24) is 14.5 Å². The van der Waals surface area contributed by atoms with E-state index in [1.54, 1.807) is 25.6 Å². The molecule has 0 aromatic carbocycles. The Labute approximate surface area is 89.5 Å². The van der Waals surface area contributed by atoms with Crippen molar-refractivity contribution in [2.24, 2.45) is 12.8 Å². The van der Waals surface area contributed by atoms with Crippen LogP contribution in [0.15, 0.2) is 4.90 Å². The fourth-order valence-electron chi connectivity index (χ4n) is 1.41. The SMILES string of the molecule is Cc1nn(C)c(C)c1S(=O)(=O)NCCN. The van der Waals surface area contributed by atoms with Gasteiger partial charge in [-0.2, -0.15) is 5.10 Å². The van der Waals surface area contributed by atoms with Crippen LogP contribution in [0.1, 0.15) is 11.4 Å². The molecule has 0 fully saturated rings. The topological polar surface area (TPSA) is 90.0 Å². The van der Waals surface area contributed by atoms with E-state index in [9.17, 15) is 8.42 Å². The average Bonchev–Trinajstić information content (AvgIpc) is 2.38. The molecule has 1 aromatic heterocycles. The molecule has 0 radical (unpaired) electrons. The molecule has 15 heavy (non-hydrogen) atoms. The summed E-state index contributed by atoms with van der Waals surface area (Å²) in [5, 5.41) is 4.05. The lowest BCUT2D eigenvalue weighted by molar-refractivity contribution is 0.580. The van der Waals surface area contributed by atoms with Crippen LogP contribution in [0.3, 0.4) is 0 Å². The molecule has 7 heteroatoms. The van der Waals surface area contributed by atoms with Crippen LogP contribution >= 0.6 is 0 Å². The molecule has 0 saturated carbocycles. The highest BCUT2D eigenvalue weighted by atomic mass is 32.2. The van der Waals surface area contributed by atoms with Gasteiger partial charge in [-0.25, -0.2) is 13.1 Å². The molecule has 3 N–H and O–H groups in total. The van der Waals surface area contributed by atoms with E-state index in [0.717, 1.165) is 0 Å². The monoisotopic (exact) mass is 232 g/mol. The molecule has 1 rings (SSSR count). The highest BCUT2D eigenvalue weighted by Gasteiger charge is 2.22. The molecule has 6 nitrogen and oxygen atoms in total. The van der Waals surface area contributed by atoms with Crippen molar-refractivity contribution in [3.63, 3.8) is 0 Å². The summed E-state index contributed by atoms with van der Waals surface area (Å²) in [6.07, 6.45) is 0. The van der Waals surface area contributed by atoms with E-state index < -0.39 is 10.0 Å². The predicted octanol–water partition coefficient (Wildman–Crippen LogP) is -0.726. The minimum Gasteiger partial charge on any atom is -0.329 e. The molecule has 0 aliphatic rings. The maximum atomic E-state index is 11.8. The van der Waals surface area contributed by atoms with Crippen molar-refractivity contribution < 1.29 is 8.42 Å². The van der Waals surface area contributed by atoms with Crippen LogP contribution in [0, 0.1) is 13.8 Å². The molecule has 0 aliphatic carbocycles. The molecule has 1 aromatic rings. The van der Waals surface area contributed by atoms with E-state index in [1.807, 2.05) is 0 Å². The zero-order valence-electron chi connectivity index (χ0n) is 9.11. The van der Waals surface area contributed by atoms with Gasteiger partial charge in [0, 0.05) is 20.1 Å². The van der Waals surface area contributed by atoms with Crippen LogP contribution in [-0.2, 0) is 17.1 Å². The van der Waals surface area contributed by atoms with Crippen LogP contribution in [-0.4, -0.2) is 31.3 Å². The van der Waals surface area contributed by atoms with Gasteiger partial charge in [0.2, 0.25) is 10.0 Å². The van der Waals surface area contributed by atoms with E-state index in [4.69, 9.17) is 5.73 Å². The summed E-state index contributed by atoms with van der Waals surface area (Å²) in [4.78, 5) is 0.249. The minimum absolute atomic E-state index is 0.232. The molecular weight excluding hydrogens is 216 g/mol. The Kier molecular flexibility index (Phi) is 3.48. The number of aromatic nitrogens is 2. The molecule has 0 saturated heterocycles. The van der Waals surface area contributed by atoms with Gasteiger partial charge in [0.05, 0.1) is 11.4 Å². The first-order valence-electron chi connectivity index (χ1n) is 4.60. The third-order valence-corrected chi connectivity index (χ3v) is 3.86. The van der Waals surface area contributed by atoms with E-state index in [2.05, 4.69) is 9.82 Å². The number of rotatable bonds is 4. The second kappa shape index (κ2) is 4.30. The van der Waals surface area contributed by atoms with Crippen molar-refractivity contribution in [1.29, 1.82) is 0 Å². The number of nitrogens with zero attached hydrogens (tertiary/aromatic N) is 2. The third-order valence-electron chi connectivity index (χ3n) is 2.15. The van der Waals surface area contributed by atoms with Gasteiger partial charge in [-0.15, -0.1) is 0 Å². The van der Waals surface area contributed by atoms with Crippen molar-refractivity contribution in [3.8, 4) is 0 Å². The van der Waals surface area contributed by atoms with Crippen molar-refractivity contribution in [3.05, 3.63) is 11.4 Å². The number of sulfonamides is 1. The van der Waals surface area contributed by atoms with Crippen molar-refractivity contribution in [2.75, 3.05) is 13.1 Å². The first-order chi connectivity index (χ1) is 6.90. The Morgan fingerprint density at radius 3 is 2.47 bits per heavy atom. The van der Waals surface area contributed by atoms with Gasteiger partial charge in [0.15, 0.2) is 0 Å². The summed E-state index contributed by atoms with van der Waals surface area (Å²) in [5.41, 5.74) is 6.37. The van der Waals surface area contributed by atoms with E-state index in [1.165, 1.54) is 0 Å². The largest absolute Gasteiger partial charge is 0.329 e. The zero-order valence-corrected chi connectivity index (χ0v) is 9.93. The van der Waals surface area contributed by atoms with Gasteiger partial charge >= 0.3 is 0 Å². The van der Waals surface area contributed by atoms with E-state index in [-0.39, 0.29) is 18.0 Å². The second-order valence-electron chi connectivity index (χ2n) is 3.31. The Balaban J connectivity index is 3.15. The van der Waals surface area contributed by atoms with Crippen LogP contribution in [0.4, 0.5) is 0 Å². The molecule has 0 atom stereocenters. The number of aryl methyl sites for hydroxylation is 2. The third kappa shape index (κ3) is 2.36. The van der Waals surface area contributed by atoms with Crippen molar-refractivity contribution in [2.45, 2.75) is 18.7 Å². The van der Waals surface area contributed by atoms with Gasteiger partial charge in [-0.3, -0.25) is 4.68 Å². The lowest BCUT2D eigenvalue weighted by Crippen LogP contribution is -2.29. The molecular formula is C8H16N4O2S. The maximum absolute atomic E-state index is 11.8. The Hall–Kier alpha value is -0.920.